The fraction of sp³-hybridized carbons (Fsp3) is 0.238. The minimum Gasteiger partial charge on any atom is -0.368 e. The number of halogens is 3. The second-order valence-corrected chi connectivity index (χ2v) is 6.53. The molecule has 2 heterocycles. The van der Waals surface area contributed by atoms with Gasteiger partial charge in [0.1, 0.15) is 23.6 Å². The number of nitrogens with zero attached hydrogens (tertiary/aromatic N) is 3. The standard InChI is InChI=1S/C21H20F3N5O/c1-25-21(30)15-11-13(4-5-16(15)23)18-6-7-20(29-28-18)27-10-8-14(22)12-19-17(24)3-2-9-26-19/h2-7,9,11,14H,8,10,12H2,1H3,(H,25,30)(H,27,29)/t14-/m0/s1. The molecule has 6 nitrogen and oxygen atoms in total. The molecule has 3 rings (SSSR count). The van der Waals surface area contributed by atoms with Crippen molar-refractivity contribution in [1.29, 1.82) is 0 Å². The predicted molar refractivity (Wildman–Crippen MR) is 107 cm³/mol. The molecule has 0 spiro atoms. The van der Waals surface area contributed by atoms with Crippen LogP contribution in [-0.2, 0) is 6.42 Å². The average molecular weight is 415 g/mol. The minimum absolute atomic E-state index is 0.0858. The van der Waals surface area contributed by atoms with E-state index >= 15 is 0 Å². The van der Waals surface area contributed by atoms with Crippen LogP contribution in [0.25, 0.3) is 11.3 Å². The Kier molecular flexibility index (Phi) is 6.95. The SMILES string of the molecule is CNC(=O)c1cc(-c2ccc(NCC[C@H](F)Cc3ncccc3F)nn2)ccc1F. The van der Waals surface area contributed by atoms with Gasteiger partial charge in [-0.3, -0.25) is 9.78 Å². The van der Waals surface area contributed by atoms with Crippen molar-refractivity contribution in [1.82, 2.24) is 20.5 Å². The van der Waals surface area contributed by atoms with Gasteiger partial charge in [-0.25, -0.2) is 13.2 Å². The second-order valence-electron chi connectivity index (χ2n) is 6.53. The topological polar surface area (TPSA) is 79.8 Å². The largest absolute Gasteiger partial charge is 0.368 e. The zero-order valence-electron chi connectivity index (χ0n) is 16.2. The predicted octanol–water partition coefficient (Wildman–Crippen LogP) is 3.56. The zero-order chi connectivity index (χ0) is 21.5. The van der Waals surface area contributed by atoms with Crippen LogP contribution in [0.4, 0.5) is 19.0 Å². The Morgan fingerprint density at radius 1 is 1.10 bits per heavy atom. The number of hydrogen-bond donors (Lipinski definition) is 2. The quantitative estimate of drug-likeness (QED) is 0.588. The van der Waals surface area contributed by atoms with Gasteiger partial charge in [-0.15, -0.1) is 10.2 Å². The first-order valence-corrected chi connectivity index (χ1v) is 9.31. The van der Waals surface area contributed by atoms with E-state index in [0.29, 0.717) is 17.1 Å². The van der Waals surface area contributed by atoms with Gasteiger partial charge >= 0.3 is 0 Å². The molecule has 1 atom stereocenters. The number of hydrogen-bond acceptors (Lipinski definition) is 5. The third-order valence-electron chi connectivity index (χ3n) is 4.41. The molecular weight excluding hydrogens is 395 g/mol. The Labute approximate surface area is 171 Å². The van der Waals surface area contributed by atoms with E-state index in [4.69, 9.17) is 0 Å². The van der Waals surface area contributed by atoms with Crippen LogP contribution in [0.1, 0.15) is 22.5 Å². The van der Waals surface area contributed by atoms with Crippen LogP contribution < -0.4 is 10.6 Å². The minimum atomic E-state index is -1.25. The number of alkyl halides is 1. The lowest BCUT2D eigenvalue weighted by molar-refractivity contribution is 0.0959. The molecule has 0 radical (unpaired) electrons. The molecule has 0 bridgehead atoms. The second kappa shape index (κ2) is 9.82. The van der Waals surface area contributed by atoms with Crippen molar-refractivity contribution in [3.63, 3.8) is 0 Å². The molecule has 0 unspecified atom stereocenters. The Morgan fingerprint density at radius 2 is 1.93 bits per heavy atom. The first kappa shape index (κ1) is 21.2. The van der Waals surface area contributed by atoms with Gasteiger partial charge in [0.25, 0.3) is 5.91 Å². The van der Waals surface area contributed by atoms with E-state index in [9.17, 15) is 18.0 Å². The average Bonchev–Trinajstić information content (AvgIpc) is 2.76. The van der Waals surface area contributed by atoms with E-state index < -0.39 is 23.7 Å². The lowest BCUT2D eigenvalue weighted by Crippen LogP contribution is -2.19. The van der Waals surface area contributed by atoms with Crippen LogP contribution in [0.5, 0.6) is 0 Å². The summed E-state index contributed by atoms with van der Waals surface area (Å²) in [4.78, 5) is 15.6. The summed E-state index contributed by atoms with van der Waals surface area (Å²) in [5.41, 5.74) is 1.01. The summed E-state index contributed by atoms with van der Waals surface area (Å²) in [6, 6.07) is 10.1. The maximum absolute atomic E-state index is 14.1. The van der Waals surface area contributed by atoms with E-state index in [2.05, 4.69) is 25.8 Å². The van der Waals surface area contributed by atoms with Gasteiger partial charge in [0.05, 0.1) is 17.0 Å². The molecule has 0 saturated heterocycles. The van der Waals surface area contributed by atoms with Gasteiger partial charge < -0.3 is 10.6 Å². The van der Waals surface area contributed by atoms with E-state index in [1.807, 2.05) is 0 Å². The lowest BCUT2D eigenvalue weighted by atomic mass is 10.1. The van der Waals surface area contributed by atoms with Gasteiger partial charge in [-0.05, 0) is 48.9 Å². The third-order valence-corrected chi connectivity index (χ3v) is 4.41. The summed E-state index contributed by atoms with van der Waals surface area (Å²) in [6.45, 7) is 0.279. The van der Waals surface area contributed by atoms with Crippen molar-refractivity contribution in [3.8, 4) is 11.3 Å². The van der Waals surface area contributed by atoms with E-state index in [1.165, 1.54) is 43.6 Å². The first-order chi connectivity index (χ1) is 14.5. The summed E-state index contributed by atoms with van der Waals surface area (Å²) >= 11 is 0. The zero-order valence-corrected chi connectivity index (χ0v) is 16.2. The van der Waals surface area contributed by atoms with Crippen molar-refractivity contribution in [3.05, 3.63) is 71.6 Å². The molecule has 2 N–H and O–H groups in total. The van der Waals surface area contributed by atoms with Crippen molar-refractivity contribution in [2.75, 3.05) is 18.9 Å². The highest BCUT2D eigenvalue weighted by Gasteiger charge is 2.14. The summed E-state index contributed by atoms with van der Waals surface area (Å²) in [5, 5.41) is 13.4. The van der Waals surface area contributed by atoms with Crippen LogP contribution >= 0.6 is 0 Å². The molecule has 156 valence electrons. The molecule has 3 aromatic rings. The number of pyridine rings is 1. The highest BCUT2D eigenvalue weighted by molar-refractivity contribution is 5.95. The number of amides is 1. The van der Waals surface area contributed by atoms with E-state index in [1.54, 1.807) is 12.1 Å². The van der Waals surface area contributed by atoms with Gasteiger partial charge in [0.2, 0.25) is 0 Å². The molecule has 0 aliphatic carbocycles. The van der Waals surface area contributed by atoms with Gasteiger partial charge in [0, 0.05) is 31.8 Å². The Hall–Kier alpha value is -3.49. The lowest BCUT2D eigenvalue weighted by Gasteiger charge is -2.10. The van der Waals surface area contributed by atoms with Gasteiger partial charge in [-0.2, -0.15) is 0 Å². The van der Waals surface area contributed by atoms with Crippen LogP contribution in [0.2, 0.25) is 0 Å². The summed E-state index contributed by atoms with van der Waals surface area (Å²) in [6.07, 6.45) is 0.222. The molecule has 0 saturated carbocycles. The van der Waals surface area contributed by atoms with Crippen molar-refractivity contribution >= 4 is 11.7 Å². The molecule has 2 aromatic heterocycles. The van der Waals surface area contributed by atoms with E-state index in [-0.39, 0.29) is 30.6 Å². The number of anilines is 1. The van der Waals surface area contributed by atoms with Gasteiger partial charge in [-0.1, -0.05) is 0 Å². The van der Waals surface area contributed by atoms with Crippen molar-refractivity contribution in [2.24, 2.45) is 0 Å². The summed E-state index contributed by atoms with van der Waals surface area (Å²) in [7, 11) is 1.42. The third kappa shape index (κ3) is 5.31. The Bertz CT molecular complexity index is 1010. The van der Waals surface area contributed by atoms with E-state index in [0.717, 1.165) is 0 Å². The Morgan fingerprint density at radius 3 is 2.63 bits per heavy atom. The highest BCUT2D eigenvalue weighted by atomic mass is 19.1. The number of aromatic nitrogens is 3. The van der Waals surface area contributed by atoms with Crippen LogP contribution in [-0.4, -0.2) is 40.9 Å². The maximum Gasteiger partial charge on any atom is 0.254 e. The van der Waals surface area contributed by atoms with Crippen LogP contribution in [0.15, 0.2) is 48.7 Å². The molecule has 30 heavy (non-hydrogen) atoms. The molecule has 0 aliphatic rings. The highest BCUT2D eigenvalue weighted by Crippen LogP contribution is 2.21. The molecule has 0 aliphatic heterocycles. The molecule has 1 aromatic carbocycles. The smallest absolute Gasteiger partial charge is 0.254 e. The number of carbonyl (C=O) groups excluding carboxylic acids is 1. The maximum atomic E-state index is 14.1. The molecular formula is C21H20F3N5O. The van der Waals surface area contributed by atoms with Crippen molar-refractivity contribution in [2.45, 2.75) is 19.0 Å². The fourth-order valence-corrected chi connectivity index (χ4v) is 2.81. The normalized spacial score (nSPS) is 11.7. The Balaban J connectivity index is 1.56. The van der Waals surface area contributed by atoms with Crippen LogP contribution in [0, 0.1) is 11.6 Å². The summed E-state index contributed by atoms with van der Waals surface area (Å²) < 4.78 is 41.4. The molecule has 0 fully saturated rings. The summed E-state index contributed by atoms with van der Waals surface area (Å²) in [5.74, 6) is -1.25. The molecule has 9 heteroatoms. The number of rotatable bonds is 8. The number of carbonyl (C=O) groups is 1. The monoisotopic (exact) mass is 415 g/mol. The van der Waals surface area contributed by atoms with Crippen molar-refractivity contribution < 1.29 is 18.0 Å². The number of benzene rings is 1. The fourth-order valence-electron chi connectivity index (χ4n) is 2.81. The van der Waals surface area contributed by atoms with Gasteiger partial charge in [0.15, 0.2) is 0 Å². The first-order valence-electron chi connectivity index (χ1n) is 9.31. The van der Waals surface area contributed by atoms with Crippen LogP contribution in [0.3, 0.4) is 0 Å². The molecule has 1 amide bonds. The number of nitrogens with one attached hydrogen (secondary N) is 2.